The fraction of sp³-hybridized carbons (Fsp3) is 0.174. The second kappa shape index (κ2) is 22.1. The van der Waals surface area contributed by atoms with Crippen molar-refractivity contribution in [1.82, 2.24) is 38.5 Å². The molecule has 0 fully saturated rings. The number of aromatic nitrogens is 6. The van der Waals surface area contributed by atoms with Gasteiger partial charge in [0.2, 0.25) is 20.0 Å². The van der Waals surface area contributed by atoms with Crippen molar-refractivity contribution >= 4 is 111 Å². The van der Waals surface area contributed by atoms with Crippen molar-refractivity contribution < 1.29 is 26.4 Å². The van der Waals surface area contributed by atoms with Crippen molar-refractivity contribution in [3.05, 3.63) is 153 Å². The average molecular weight is 1060 g/mol. The molecule has 0 aliphatic heterocycles. The molecule has 0 aliphatic rings. The molecule has 6 N–H and O–H groups in total. The van der Waals surface area contributed by atoms with Gasteiger partial charge in [0.1, 0.15) is 9.75 Å². The number of hydrogen-bond donors (Lipinski definition) is 6. The summed E-state index contributed by atoms with van der Waals surface area (Å²) in [6.07, 6.45) is 12.5. The lowest BCUT2D eigenvalue weighted by molar-refractivity contribution is 0.102. The van der Waals surface area contributed by atoms with Gasteiger partial charge in [0, 0.05) is 61.7 Å². The molecule has 4 aromatic carbocycles. The maximum atomic E-state index is 13.5. The molecule has 24 heteroatoms. The number of carbonyl (C=O) groups is 2. The zero-order valence-electron chi connectivity index (χ0n) is 37.3. The smallest absolute Gasteiger partial charge is 0.267 e. The molecule has 70 heavy (non-hydrogen) atoms. The first-order valence-electron chi connectivity index (χ1n) is 21.4. The molecule has 4 heterocycles. The van der Waals surface area contributed by atoms with E-state index in [2.05, 4.69) is 50.6 Å². The zero-order valence-corrected chi connectivity index (χ0v) is 42.1. The van der Waals surface area contributed by atoms with Crippen molar-refractivity contribution in [2.45, 2.75) is 49.6 Å². The SMILES string of the molecule is Cc1cccc(Cl)c1NC(=O)c1cnc(Nc2ccc(S(=O)(=O)NCCCn3cnc(-c4ccc(C)c(NC(=O)c5cnc(Nc6cccc(S(=O)(=O)NCCCn7ccnc7)c6)s5)c4Cl)c3)cc2)s1. The van der Waals surface area contributed by atoms with Crippen molar-refractivity contribution in [2.75, 3.05) is 34.4 Å². The molecule has 2 amide bonds. The van der Waals surface area contributed by atoms with Gasteiger partial charge in [-0.1, -0.05) is 76.2 Å². The van der Waals surface area contributed by atoms with Crippen LogP contribution in [0.4, 0.5) is 33.0 Å². The Bertz CT molecular complexity index is 3360. The van der Waals surface area contributed by atoms with E-state index in [0.29, 0.717) is 80.1 Å². The highest BCUT2D eigenvalue weighted by atomic mass is 35.5. The van der Waals surface area contributed by atoms with E-state index in [9.17, 15) is 26.4 Å². The Kier molecular flexibility index (Phi) is 15.7. The summed E-state index contributed by atoms with van der Waals surface area (Å²) in [7, 11) is -7.59. The Balaban J connectivity index is 0.805. The third-order valence-corrected chi connectivity index (χ3v) is 16.0. The van der Waals surface area contributed by atoms with E-state index in [-0.39, 0.29) is 38.7 Å². The van der Waals surface area contributed by atoms with Crippen LogP contribution in [0.2, 0.25) is 10.0 Å². The van der Waals surface area contributed by atoms with Gasteiger partial charge < -0.3 is 30.4 Å². The Morgan fingerprint density at radius 1 is 0.657 bits per heavy atom. The van der Waals surface area contributed by atoms with Crippen LogP contribution in [0.25, 0.3) is 11.3 Å². The summed E-state index contributed by atoms with van der Waals surface area (Å²) < 4.78 is 61.2. The number of anilines is 6. The first-order chi connectivity index (χ1) is 33.6. The molecule has 18 nitrogen and oxygen atoms in total. The third kappa shape index (κ3) is 12.4. The number of aryl methyl sites for hydroxylation is 4. The maximum Gasteiger partial charge on any atom is 0.267 e. The summed E-state index contributed by atoms with van der Waals surface area (Å²) in [5.41, 5.74) is 4.68. The molecule has 0 aliphatic carbocycles. The lowest BCUT2D eigenvalue weighted by Crippen LogP contribution is -2.25. The van der Waals surface area contributed by atoms with E-state index in [1.54, 1.807) is 61.4 Å². The van der Waals surface area contributed by atoms with E-state index >= 15 is 0 Å². The van der Waals surface area contributed by atoms with Crippen molar-refractivity contribution in [3.63, 3.8) is 0 Å². The topological polar surface area (TPSA) is 236 Å². The van der Waals surface area contributed by atoms with E-state index in [0.717, 1.165) is 33.8 Å². The number of nitrogens with zero attached hydrogens (tertiary/aromatic N) is 6. The second-order valence-corrected chi connectivity index (χ2v) is 22.0. The first kappa shape index (κ1) is 49.9. The average Bonchev–Trinajstić information content (AvgIpc) is 4.20. The van der Waals surface area contributed by atoms with Crippen molar-refractivity contribution in [3.8, 4) is 11.3 Å². The summed E-state index contributed by atoms with van der Waals surface area (Å²) in [5.74, 6) is -0.793. The lowest BCUT2D eigenvalue weighted by atomic mass is 10.1. The fourth-order valence-electron chi connectivity index (χ4n) is 6.89. The Labute approximate surface area is 421 Å². The highest BCUT2D eigenvalue weighted by Gasteiger charge is 2.20. The van der Waals surface area contributed by atoms with Crippen LogP contribution in [-0.2, 0) is 33.1 Å². The van der Waals surface area contributed by atoms with Crippen molar-refractivity contribution in [1.29, 1.82) is 0 Å². The summed E-state index contributed by atoms with van der Waals surface area (Å²) in [6.45, 7) is 5.15. The van der Waals surface area contributed by atoms with Crippen LogP contribution in [0.15, 0.2) is 132 Å². The van der Waals surface area contributed by atoms with E-state index in [4.69, 9.17) is 23.2 Å². The van der Waals surface area contributed by atoms with Crippen LogP contribution in [0.5, 0.6) is 0 Å². The van der Waals surface area contributed by atoms with Gasteiger partial charge in [-0.15, -0.1) is 0 Å². The Morgan fingerprint density at radius 2 is 1.27 bits per heavy atom. The number of hydrogen-bond acceptors (Lipinski definition) is 14. The monoisotopic (exact) mass is 1060 g/mol. The molecule has 0 spiro atoms. The van der Waals surface area contributed by atoms with Crippen LogP contribution < -0.4 is 30.7 Å². The fourth-order valence-corrected chi connectivity index (χ4v) is 11.2. The minimum atomic E-state index is -3.82. The van der Waals surface area contributed by atoms with Gasteiger partial charge in [-0.05, 0) is 86.3 Å². The Morgan fingerprint density at radius 3 is 1.93 bits per heavy atom. The number of imidazole rings is 2. The largest absolute Gasteiger partial charge is 0.337 e. The number of benzene rings is 4. The molecule has 0 atom stereocenters. The van der Waals surface area contributed by atoms with Crippen LogP contribution in [0.1, 0.15) is 43.3 Å². The number of amides is 2. The normalized spacial score (nSPS) is 11.7. The number of thiazole rings is 2. The predicted octanol–water partition coefficient (Wildman–Crippen LogP) is 9.31. The second-order valence-electron chi connectivity index (χ2n) is 15.6. The van der Waals surface area contributed by atoms with Gasteiger partial charge in [-0.25, -0.2) is 46.2 Å². The molecule has 0 bridgehead atoms. The van der Waals surface area contributed by atoms with Gasteiger partial charge in [-0.3, -0.25) is 9.59 Å². The first-order valence-corrected chi connectivity index (χ1v) is 26.8. The highest BCUT2D eigenvalue weighted by Crippen LogP contribution is 2.37. The third-order valence-electron chi connectivity index (χ3n) is 10.6. The lowest BCUT2D eigenvalue weighted by Gasteiger charge is -2.12. The molecule has 0 saturated heterocycles. The standard InChI is InChI=1S/C46H44Cl2N12O6S4/c1-29-7-3-10-36(47)41(29)57-43(61)38-24-50-45(67-38)55-31-12-14-33(15-13-31)69(63,64)53-18-6-21-60-26-37(52-28-60)35-16-11-30(2)42(40(35)48)58-44(62)39-25-51-46(68-39)56-32-8-4-9-34(23-32)70(65,66)54-17-5-20-59-22-19-49-27-59/h3-4,7-16,19,22-28,53-54H,5-6,17-18,20-21H2,1-2H3,(H,50,55)(H,51,56)(H,57,61)(H,58,62). The molecule has 8 rings (SSSR count). The van der Waals surface area contributed by atoms with Gasteiger partial charge in [0.05, 0.1) is 62.0 Å². The molecule has 0 radical (unpaired) electrons. The van der Waals surface area contributed by atoms with Gasteiger partial charge in [0.15, 0.2) is 10.3 Å². The van der Waals surface area contributed by atoms with Crippen LogP contribution in [0.3, 0.4) is 0 Å². The molecular weight excluding hydrogens is 1020 g/mol. The summed E-state index contributed by atoms with van der Waals surface area (Å²) in [5, 5.41) is 13.5. The summed E-state index contributed by atoms with van der Waals surface area (Å²) >= 11 is 15.4. The highest BCUT2D eigenvalue weighted by molar-refractivity contribution is 7.89. The number of para-hydroxylation sites is 1. The molecule has 4 aromatic heterocycles. The minimum Gasteiger partial charge on any atom is -0.337 e. The number of carbonyl (C=O) groups excluding carboxylic acids is 2. The number of halogens is 2. The molecule has 8 aromatic rings. The van der Waals surface area contributed by atoms with E-state index in [1.165, 1.54) is 36.7 Å². The van der Waals surface area contributed by atoms with Crippen LogP contribution >= 0.6 is 45.9 Å². The minimum absolute atomic E-state index is 0.0835. The quantitative estimate of drug-likeness (QED) is 0.0370. The van der Waals surface area contributed by atoms with Gasteiger partial charge in [-0.2, -0.15) is 0 Å². The number of rotatable bonds is 21. The number of nitrogens with one attached hydrogen (secondary N) is 6. The summed E-state index contributed by atoms with van der Waals surface area (Å²) in [4.78, 5) is 44.3. The zero-order chi connectivity index (χ0) is 49.4. The van der Waals surface area contributed by atoms with Gasteiger partial charge >= 0.3 is 0 Å². The Hall–Kier alpha value is -6.50. The van der Waals surface area contributed by atoms with E-state index in [1.807, 2.05) is 47.4 Å². The molecule has 0 saturated carbocycles. The maximum absolute atomic E-state index is 13.5. The number of sulfonamides is 2. The van der Waals surface area contributed by atoms with Crippen LogP contribution in [0, 0.1) is 13.8 Å². The molecule has 0 unspecified atom stereocenters. The van der Waals surface area contributed by atoms with Crippen molar-refractivity contribution in [2.24, 2.45) is 0 Å². The summed E-state index contributed by atoms with van der Waals surface area (Å²) in [6, 6.07) is 21.5. The van der Waals surface area contributed by atoms with Crippen LogP contribution in [-0.4, -0.2) is 70.8 Å². The molecule has 362 valence electrons. The van der Waals surface area contributed by atoms with Gasteiger partial charge in [0.25, 0.3) is 11.8 Å². The van der Waals surface area contributed by atoms with E-state index < -0.39 is 26.0 Å². The molecular formula is C46H44Cl2N12O6S4. The predicted molar refractivity (Wildman–Crippen MR) is 275 cm³/mol.